The molecule has 0 aliphatic rings. The molecule has 0 saturated carbocycles. The van der Waals surface area contributed by atoms with Crippen molar-refractivity contribution in [2.75, 3.05) is 11.9 Å². The van der Waals surface area contributed by atoms with E-state index in [-0.39, 0.29) is 6.42 Å². The predicted octanol–water partition coefficient (Wildman–Crippen LogP) is 2.55. The number of benzene rings is 1. The van der Waals surface area contributed by atoms with Gasteiger partial charge in [-0.15, -0.1) is 0 Å². The van der Waals surface area contributed by atoms with Crippen molar-refractivity contribution in [2.45, 2.75) is 26.2 Å². The molecule has 0 bridgehead atoms. The number of anilines is 1. The van der Waals surface area contributed by atoms with E-state index in [0.29, 0.717) is 6.42 Å². The summed E-state index contributed by atoms with van der Waals surface area (Å²) in [4.78, 5) is 14.9. The largest absolute Gasteiger partial charge is 0.481 e. The number of carboxylic acids is 1. The number of aryl methyl sites for hydroxylation is 2. The van der Waals surface area contributed by atoms with E-state index in [1.807, 2.05) is 26.1 Å². The molecule has 0 radical (unpaired) electrons. The lowest BCUT2D eigenvalue weighted by atomic mass is 10.2. The van der Waals surface area contributed by atoms with Crippen molar-refractivity contribution >= 4 is 22.7 Å². The van der Waals surface area contributed by atoms with Crippen LogP contribution in [0.4, 0.5) is 5.69 Å². The van der Waals surface area contributed by atoms with E-state index in [1.54, 1.807) is 0 Å². The van der Waals surface area contributed by atoms with Gasteiger partial charge in [-0.2, -0.15) is 0 Å². The van der Waals surface area contributed by atoms with Crippen LogP contribution in [0.15, 0.2) is 18.2 Å². The summed E-state index contributed by atoms with van der Waals surface area (Å²) in [6, 6.07) is 6.11. The van der Waals surface area contributed by atoms with Gasteiger partial charge in [-0.25, -0.2) is 4.98 Å². The molecule has 5 heteroatoms. The number of fused-ring (bicyclic) bond motifs is 1. The maximum Gasteiger partial charge on any atom is 0.303 e. The van der Waals surface area contributed by atoms with Gasteiger partial charge < -0.3 is 15.0 Å². The third-order valence-electron chi connectivity index (χ3n) is 3.25. The van der Waals surface area contributed by atoms with E-state index >= 15 is 0 Å². The summed E-state index contributed by atoms with van der Waals surface area (Å²) in [6.07, 6.45) is 1.79. The Morgan fingerprint density at radius 3 is 2.95 bits per heavy atom. The standard InChI is InChI=1S/C14H19N3O2/c1-10-16-12-9-11(6-7-13(12)17(10)2)15-8-4-3-5-14(18)19/h6-7,9,15H,3-5,8H2,1-2H3,(H,18,19). The van der Waals surface area contributed by atoms with Crippen molar-refractivity contribution in [1.29, 1.82) is 0 Å². The molecule has 1 aromatic heterocycles. The van der Waals surface area contributed by atoms with Crippen LogP contribution in [0, 0.1) is 6.92 Å². The lowest BCUT2D eigenvalue weighted by molar-refractivity contribution is -0.137. The number of carbonyl (C=O) groups is 1. The molecule has 2 N–H and O–H groups in total. The fourth-order valence-corrected chi connectivity index (χ4v) is 2.06. The molecule has 0 atom stereocenters. The molecular formula is C14H19N3O2. The van der Waals surface area contributed by atoms with Crippen LogP contribution in [0.5, 0.6) is 0 Å². The first kappa shape index (κ1) is 13.4. The number of hydrogen-bond acceptors (Lipinski definition) is 3. The van der Waals surface area contributed by atoms with Crippen LogP contribution in [0.2, 0.25) is 0 Å². The van der Waals surface area contributed by atoms with E-state index in [9.17, 15) is 4.79 Å². The molecule has 0 aliphatic carbocycles. The number of unbranched alkanes of at least 4 members (excludes halogenated alkanes) is 1. The van der Waals surface area contributed by atoms with Crippen LogP contribution in [0.1, 0.15) is 25.1 Å². The first-order valence-electron chi connectivity index (χ1n) is 6.46. The lowest BCUT2D eigenvalue weighted by Gasteiger charge is -2.05. The summed E-state index contributed by atoms with van der Waals surface area (Å²) in [7, 11) is 2.00. The molecule has 1 aromatic carbocycles. The van der Waals surface area contributed by atoms with Crippen molar-refractivity contribution in [3.8, 4) is 0 Å². The smallest absolute Gasteiger partial charge is 0.303 e. The average molecular weight is 261 g/mol. The highest BCUT2D eigenvalue weighted by atomic mass is 16.4. The molecule has 0 amide bonds. The molecule has 0 saturated heterocycles. The number of aliphatic carboxylic acids is 1. The second kappa shape index (κ2) is 5.73. The van der Waals surface area contributed by atoms with Crippen molar-refractivity contribution in [1.82, 2.24) is 9.55 Å². The monoisotopic (exact) mass is 261 g/mol. The topological polar surface area (TPSA) is 67.2 Å². The number of imidazole rings is 1. The highest BCUT2D eigenvalue weighted by molar-refractivity contribution is 5.80. The molecular weight excluding hydrogens is 242 g/mol. The minimum absolute atomic E-state index is 0.236. The van der Waals surface area contributed by atoms with Gasteiger partial charge in [-0.05, 0) is 38.0 Å². The highest BCUT2D eigenvalue weighted by Gasteiger charge is 2.04. The zero-order valence-electron chi connectivity index (χ0n) is 11.3. The first-order chi connectivity index (χ1) is 9.08. The molecule has 2 aromatic rings. The van der Waals surface area contributed by atoms with Gasteiger partial charge in [0, 0.05) is 25.7 Å². The van der Waals surface area contributed by atoms with Crippen LogP contribution in [0.3, 0.4) is 0 Å². The van der Waals surface area contributed by atoms with Gasteiger partial charge in [0.15, 0.2) is 0 Å². The Morgan fingerprint density at radius 2 is 2.21 bits per heavy atom. The van der Waals surface area contributed by atoms with Crippen molar-refractivity contribution in [3.05, 3.63) is 24.0 Å². The van der Waals surface area contributed by atoms with Gasteiger partial charge >= 0.3 is 5.97 Å². The first-order valence-corrected chi connectivity index (χ1v) is 6.46. The molecule has 0 unspecified atom stereocenters. The van der Waals surface area contributed by atoms with Crippen LogP contribution in [-0.4, -0.2) is 27.2 Å². The molecule has 19 heavy (non-hydrogen) atoms. The maximum absolute atomic E-state index is 10.4. The molecule has 102 valence electrons. The van der Waals surface area contributed by atoms with Crippen molar-refractivity contribution in [2.24, 2.45) is 7.05 Å². The third kappa shape index (κ3) is 3.24. The molecule has 1 heterocycles. The minimum Gasteiger partial charge on any atom is -0.481 e. The SMILES string of the molecule is Cc1nc2cc(NCCCCC(=O)O)ccc2n1C. The molecule has 0 fully saturated rings. The van der Waals surface area contributed by atoms with Crippen LogP contribution >= 0.6 is 0 Å². The van der Waals surface area contributed by atoms with Crippen LogP contribution < -0.4 is 5.32 Å². The van der Waals surface area contributed by atoms with E-state index in [1.165, 1.54) is 0 Å². The number of aromatic nitrogens is 2. The Kier molecular flexibility index (Phi) is 4.04. The minimum atomic E-state index is -0.731. The number of nitrogens with one attached hydrogen (secondary N) is 1. The Morgan fingerprint density at radius 1 is 1.42 bits per heavy atom. The average Bonchev–Trinajstić information content (AvgIpc) is 2.64. The zero-order chi connectivity index (χ0) is 13.8. The van der Waals surface area contributed by atoms with E-state index in [2.05, 4.69) is 20.9 Å². The normalized spacial score (nSPS) is 10.8. The Balaban J connectivity index is 1.92. The third-order valence-corrected chi connectivity index (χ3v) is 3.25. The fraction of sp³-hybridized carbons (Fsp3) is 0.429. The second-order valence-corrected chi connectivity index (χ2v) is 4.70. The van der Waals surface area contributed by atoms with Gasteiger partial charge in [-0.1, -0.05) is 0 Å². The predicted molar refractivity (Wildman–Crippen MR) is 75.4 cm³/mol. The summed E-state index contributed by atoms with van der Waals surface area (Å²) in [5.74, 6) is 0.263. The summed E-state index contributed by atoms with van der Waals surface area (Å²) >= 11 is 0. The van der Waals surface area contributed by atoms with Crippen molar-refractivity contribution in [3.63, 3.8) is 0 Å². The summed E-state index contributed by atoms with van der Waals surface area (Å²) < 4.78 is 2.06. The van der Waals surface area contributed by atoms with E-state index in [4.69, 9.17) is 5.11 Å². The summed E-state index contributed by atoms with van der Waals surface area (Å²) in [6.45, 7) is 2.77. The van der Waals surface area contributed by atoms with Gasteiger partial charge in [0.25, 0.3) is 0 Å². The van der Waals surface area contributed by atoms with Gasteiger partial charge in [0.2, 0.25) is 0 Å². The van der Waals surface area contributed by atoms with Gasteiger partial charge in [0.1, 0.15) is 5.82 Å². The fourth-order valence-electron chi connectivity index (χ4n) is 2.06. The Hall–Kier alpha value is -2.04. The Bertz CT molecular complexity index is 590. The molecule has 0 aliphatic heterocycles. The molecule has 0 spiro atoms. The van der Waals surface area contributed by atoms with E-state index < -0.39 is 5.97 Å². The van der Waals surface area contributed by atoms with Gasteiger partial charge in [0.05, 0.1) is 11.0 Å². The summed E-state index contributed by atoms with van der Waals surface area (Å²) in [5, 5.41) is 11.8. The molecule has 2 rings (SSSR count). The zero-order valence-corrected chi connectivity index (χ0v) is 11.3. The number of nitrogens with zero attached hydrogens (tertiary/aromatic N) is 2. The second-order valence-electron chi connectivity index (χ2n) is 4.70. The maximum atomic E-state index is 10.4. The number of rotatable bonds is 6. The number of carboxylic acid groups (broad SMARTS) is 1. The molecule has 5 nitrogen and oxygen atoms in total. The number of hydrogen-bond donors (Lipinski definition) is 2. The van der Waals surface area contributed by atoms with Crippen LogP contribution in [0.25, 0.3) is 11.0 Å². The van der Waals surface area contributed by atoms with Crippen LogP contribution in [-0.2, 0) is 11.8 Å². The lowest BCUT2D eigenvalue weighted by Crippen LogP contribution is -2.03. The van der Waals surface area contributed by atoms with E-state index in [0.717, 1.165) is 35.5 Å². The van der Waals surface area contributed by atoms with Crippen molar-refractivity contribution < 1.29 is 9.90 Å². The quantitative estimate of drug-likeness (QED) is 0.784. The highest BCUT2D eigenvalue weighted by Crippen LogP contribution is 2.19. The summed E-state index contributed by atoms with van der Waals surface area (Å²) in [5.41, 5.74) is 3.13. The van der Waals surface area contributed by atoms with Gasteiger partial charge in [-0.3, -0.25) is 4.79 Å². The Labute approximate surface area is 112 Å².